The van der Waals surface area contributed by atoms with Gasteiger partial charge in [-0.05, 0) is 42.3 Å². The smallest absolute Gasteiger partial charge is 0.335 e. The topological polar surface area (TPSA) is 96.6 Å². The van der Waals surface area contributed by atoms with E-state index in [1.165, 1.54) is 12.1 Å². The van der Waals surface area contributed by atoms with Crippen LogP contribution in [0.3, 0.4) is 0 Å². The third-order valence-electron chi connectivity index (χ3n) is 3.41. The minimum absolute atomic E-state index is 0.0361. The van der Waals surface area contributed by atoms with Gasteiger partial charge in [0.2, 0.25) is 0 Å². The molecule has 0 aliphatic carbocycles. The number of nitriles is 1. The van der Waals surface area contributed by atoms with Crippen LogP contribution in [-0.2, 0) is 19.8 Å². The maximum absolute atomic E-state index is 12.6. The Morgan fingerprint density at radius 1 is 1.21 bits per heavy atom. The summed E-state index contributed by atoms with van der Waals surface area (Å²) in [6.45, 7) is 4.02. The molecular formula is C17H18NO5P. The van der Waals surface area contributed by atoms with Gasteiger partial charge < -0.3 is 14.2 Å². The van der Waals surface area contributed by atoms with Gasteiger partial charge in [-0.2, -0.15) is 5.26 Å². The van der Waals surface area contributed by atoms with Gasteiger partial charge in [-0.3, -0.25) is 4.57 Å². The van der Waals surface area contributed by atoms with Crippen molar-refractivity contribution in [3.8, 4) is 6.07 Å². The lowest BCUT2D eigenvalue weighted by molar-refractivity contribution is 0.0697. The first-order valence-corrected chi connectivity index (χ1v) is 9.23. The number of benzene rings is 2. The van der Waals surface area contributed by atoms with Gasteiger partial charge in [0.25, 0.3) is 0 Å². The van der Waals surface area contributed by atoms with Crippen LogP contribution in [0.2, 0.25) is 0 Å². The second-order valence-electron chi connectivity index (χ2n) is 5.10. The van der Waals surface area contributed by atoms with Crippen LogP contribution in [0.15, 0.2) is 30.3 Å². The van der Waals surface area contributed by atoms with Gasteiger partial charge in [-0.15, -0.1) is 0 Å². The molecule has 24 heavy (non-hydrogen) atoms. The highest BCUT2D eigenvalue weighted by molar-refractivity contribution is 7.53. The van der Waals surface area contributed by atoms with Crippen molar-refractivity contribution in [1.82, 2.24) is 0 Å². The van der Waals surface area contributed by atoms with E-state index < -0.39 is 13.6 Å². The maximum Gasteiger partial charge on any atom is 0.335 e. The third kappa shape index (κ3) is 4.01. The number of carboxylic acid groups (broad SMARTS) is 1. The van der Waals surface area contributed by atoms with Gasteiger partial charge in [0, 0.05) is 0 Å². The zero-order valence-corrected chi connectivity index (χ0v) is 14.4. The first-order chi connectivity index (χ1) is 11.4. The van der Waals surface area contributed by atoms with Gasteiger partial charge in [0.1, 0.15) is 0 Å². The van der Waals surface area contributed by atoms with Gasteiger partial charge in [-0.1, -0.05) is 18.2 Å². The first-order valence-electron chi connectivity index (χ1n) is 7.50. The van der Waals surface area contributed by atoms with Gasteiger partial charge in [0.05, 0.1) is 36.6 Å². The van der Waals surface area contributed by atoms with Crippen LogP contribution in [-0.4, -0.2) is 24.3 Å². The fraction of sp³-hybridized carbons (Fsp3) is 0.294. The summed E-state index contributed by atoms with van der Waals surface area (Å²) in [5.74, 6) is -1.10. The highest BCUT2D eigenvalue weighted by Gasteiger charge is 2.24. The van der Waals surface area contributed by atoms with Crippen LogP contribution >= 0.6 is 7.60 Å². The Labute approximate surface area is 140 Å². The number of hydrogen-bond acceptors (Lipinski definition) is 5. The Balaban J connectivity index is 2.49. The lowest BCUT2D eigenvalue weighted by atomic mass is 10.00. The molecular weight excluding hydrogens is 329 g/mol. The molecule has 126 valence electrons. The largest absolute Gasteiger partial charge is 0.478 e. The van der Waals surface area contributed by atoms with E-state index in [2.05, 4.69) is 0 Å². The minimum Gasteiger partial charge on any atom is -0.478 e. The fourth-order valence-electron chi connectivity index (χ4n) is 2.48. The lowest BCUT2D eigenvalue weighted by Crippen LogP contribution is -2.00. The van der Waals surface area contributed by atoms with Crippen LogP contribution < -0.4 is 0 Å². The molecule has 0 saturated carbocycles. The van der Waals surface area contributed by atoms with E-state index >= 15 is 0 Å². The van der Waals surface area contributed by atoms with E-state index in [1.807, 2.05) is 6.07 Å². The Bertz CT molecular complexity index is 846. The molecule has 2 aromatic rings. The predicted molar refractivity (Wildman–Crippen MR) is 90.2 cm³/mol. The summed E-state index contributed by atoms with van der Waals surface area (Å²) < 4.78 is 23.2. The minimum atomic E-state index is -3.25. The Hall–Kier alpha value is -2.19. The van der Waals surface area contributed by atoms with Crippen LogP contribution in [0, 0.1) is 11.3 Å². The fourth-order valence-corrected chi connectivity index (χ4v) is 4.17. The van der Waals surface area contributed by atoms with Crippen molar-refractivity contribution in [3.63, 3.8) is 0 Å². The summed E-state index contributed by atoms with van der Waals surface area (Å²) in [4.78, 5) is 11.2. The number of aromatic carboxylic acids is 1. The molecule has 0 unspecified atom stereocenters. The molecule has 0 atom stereocenters. The predicted octanol–water partition coefficient (Wildman–Crippen LogP) is 4.18. The van der Waals surface area contributed by atoms with Crippen LogP contribution in [0.25, 0.3) is 10.8 Å². The molecule has 2 rings (SSSR count). The molecule has 0 aliphatic heterocycles. The number of carbonyl (C=O) groups is 1. The van der Waals surface area contributed by atoms with Crippen molar-refractivity contribution in [1.29, 1.82) is 5.26 Å². The van der Waals surface area contributed by atoms with E-state index in [0.717, 1.165) is 0 Å². The number of rotatable bonds is 7. The van der Waals surface area contributed by atoms with Crippen molar-refractivity contribution < 1.29 is 23.5 Å². The highest BCUT2D eigenvalue weighted by atomic mass is 31.2. The normalized spacial score (nSPS) is 11.4. The Morgan fingerprint density at radius 3 is 2.42 bits per heavy atom. The Kier molecular flexibility index (Phi) is 5.74. The van der Waals surface area contributed by atoms with Crippen molar-refractivity contribution >= 4 is 24.3 Å². The molecule has 0 amide bonds. The SMILES string of the molecule is CCOP(=O)(Cc1ccc2c(C#N)cc(C(=O)O)cc2c1)OCC. The lowest BCUT2D eigenvalue weighted by Gasteiger charge is -2.17. The summed E-state index contributed by atoms with van der Waals surface area (Å²) in [6, 6.07) is 10.0. The number of fused-ring (bicyclic) bond motifs is 1. The molecule has 0 heterocycles. The van der Waals surface area contributed by atoms with Crippen molar-refractivity contribution in [2.45, 2.75) is 20.0 Å². The molecule has 0 spiro atoms. The second kappa shape index (κ2) is 7.59. The third-order valence-corrected chi connectivity index (χ3v) is 5.47. The first kappa shape index (κ1) is 18.2. The summed E-state index contributed by atoms with van der Waals surface area (Å²) in [5, 5.41) is 19.6. The van der Waals surface area contributed by atoms with Crippen molar-refractivity contribution in [3.05, 3.63) is 47.0 Å². The molecule has 0 bridgehead atoms. The van der Waals surface area contributed by atoms with Gasteiger partial charge in [0.15, 0.2) is 0 Å². The highest BCUT2D eigenvalue weighted by Crippen LogP contribution is 2.51. The molecule has 0 saturated heterocycles. The van der Waals surface area contributed by atoms with E-state index in [0.29, 0.717) is 16.3 Å². The van der Waals surface area contributed by atoms with Crippen LogP contribution in [0.5, 0.6) is 0 Å². The van der Waals surface area contributed by atoms with Gasteiger partial charge in [-0.25, -0.2) is 4.79 Å². The van der Waals surface area contributed by atoms with Gasteiger partial charge >= 0.3 is 13.6 Å². The average Bonchev–Trinajstić information content (AvgIpc) is 2.53. The zero-order chi connectivity index (χ0) is 17.7. The second-order valence-corrected chi connectivity index (χ2v) is 7.16. The molecule has 0 fully saturated rings. The molecule has 6 nitrogen and oxygen atoms in total. The number of hydrogen-bond donors (Lipinski definition) is 1. The van der Waals surface area contributed by atoms with E-state index in [4.69, 9.17) is 14.2 Å². The summed E-state index contributed by atoms with van der Waals surface area (Å²) in [7, 11) is -3.25. The summed E-state index contributed by atoms with van der Waals surface area (Å²) >= 11 is 0. The molecule has 7 heteroatoms. The molecule has 1 N–H and O–H groups in total. The molecule has 2 aromatic carbocycles. The van der Waals surface area contributed by atoms with Crippen LogP contribution in [0.1, 0.15) is 35.3 Å². The molecule has 0 aliphatic rings. The maximum atomic E-state index is 12.6. The Morgan fingerprint density at radius 2 is 1.88 bits per heavy atom. The van der Waals surface area contributed by atoms with E-state index in [1.54, 1.807) is 32.0 Å². The van der Waals surface area contributed by atoms with E-state index in [9.17, 15) is 14.6 Å². The standard InChI is InChI=1S/C17H18NO5P/c1-3-22-24(21,23-4-2)11-12-5-6-16-13(7-12)8-14(17(19)20)9-15(16)10-18/h5-9H,3-4,11H2,1-2H3,(H,19,20). The monoisotopic (exact) mass is 347 g/mol. The van der Waals surface area contributed by atoms with E-state index in [-0.39, 0.29) is 30.5 Å². The molecule has 0 aromatic heterocycles. The van der Waals surface area contributed by atoms with Crippen molar-refractivity contribution in [2.24, 2.45) is 0 Å². The van der Waals surface area contributed by atoms with Crippen LogP contribution in [0.4, 0.5) is 0 Å². The average molecular weight is 347 g/mol. The van der Waals surface area contributed by atoms with Crippen molar-refractivity contribution in [2.75, 3.05) is 13.2 Å². The zero-order valence-electron chi connectivity index (χ0n) is 13.5. The quantitative estimate of drug-likeness (QED) is 0.755. The number of carboxylic acids is 1. The molecule has 0 radical (unpaired) electrons. The summed E-state index contributed by atoms with van der Waals surface area (Å²) in [6.07, 6.45) is 0.0871. The number of nitrogens with zero attached hydrogens (tertiary/aromatic N) is 1. The summed E-state index contributed by atoms with van der Waals surface area (Å²) in [5.41, 5.74) is 1.02.